The Labute approximate surface area is 192 Å². The number of hydrogen-bond donors (Lipinski definition) is 2. The Morgan fingerprint density at radius 3 is 2.09 bits per heavy atom. The highest BCUT2D eigenvalue weighted by Crippen LogP contribution is 2.40. The van der Waals surface area contributed by atoms with Gasteiger partial charge in [0.05, 0.1) is 12.7 Å². The van der Waals surface area contributed by atoms with Crippen LogP contribution < -0.4 is 4.74 Å². The van der Waals surface area contributed by atoms with Crippen molar-refractivity contribution in [3.05, 3.63) is 64.7 Å². The molecule has 2 aromatic rings. The fourth-order valence-electron chi connectivity index (χ4n) is 3.94. The Balaban J connectivity index is 2.23. The van der Waals surface area contributed by atoms with E-state index in [1.54, 1.807) is 0 Å². The van der Waals surface area contributed by atoms with E-state index >= 15 is 0 Å². The molecule has 0 aliphatic rings. The number of aliphatic hydroxyl groups excluding tert-OH is 1. The second-order valence-corrected chi connectivity index (χ2v) is 9.55. The number of carbonyl (C=O) groups is 1. The van der Waals surface area contributed by atoms with Crippen LogP contribution in [0.1, 0.15) is 69.7 Å². The summed E-state index contributed by atoms with van der Waals surface area (Å²) in [6.07, 6.45) is 1.35. The number of aryl methyl sites for hydroxylation is 1. The molecule has 0 heterocycles. The highest BCUT2D eigenvalue weighted by molar-refractivity contribution is 5.68. The maximum Gasteiger partial charge on any atom is 0.329 e. The molecular formula is C27H38O5. The van der Waals surface area contributed by atoms with E-state index in [2.05, 4.69) is 38.1 Å². The quantitative estimate of drug-likeness (QED) is 0.481. The van der Waals surface area contributed by atoms with Crippen LogP contribution in [0.2, 0.25) is 0 Å². The minimum atomic E-state index is -0.965. The first-order valence-electron chi connectivity index (χ1n) is 11.3. The van der Waals surface area contributed by atoms with Crippen LogP contribution in [-0.2, 0) is 21.6 Å². The van der Waals surface area contributed by atoms with Gasteiger partial charge in [0.1, 0.15) is 19.0 Å². The first kappa shape index (κ1) is 25.9. The summed E-state index contributed by atoms with van der Waals surface area (Å²) in [5.41, 5.74) is 4.11. The van der Waals surface area contributed by atoms with Gasteiger partial charge in [0, 0.05) is 5.41 Å². The molecule has 0 saturated heterocycles. The van der Waals surface area contributed by atoms with Gasteiger partial charge in [0.25, 0.3) is 0 Å². The van der Waals surface area contributed by atoms with E-state index in [1.165, 1.54) is 11.1 Å². The molecule has 0 radical (unpaired) electrons. The van der Waals surface area contributed by atoms with Crippen LogP contribution in [-0.4, -0.2) is 35.5 Å². The summed E-state index contributed by atoms with van der Waals surface area (Å²) >= 11 is 0. The Morgan fingerprint density at radius 1 is 1.00 bits per heavy atom. The largest absolute Gasteiger partial charge is 0.491 e. The molecule has 0 saturated carbocycles. The van der Waals surface area contributed by atoms with Crippen LogP contribution in [0.25, 0.3) is 0 Å². The number of aliphatic hydroxyl groups is 1. The fourth-order valence-corrected chi connectivity index (χ4v) is 3.94. The Hall–Kier alpha value is -2.37. The van der Waals surface area contributed by atoms with Crippen LogP contribution in [0.4, 0.5) is 0 Å². The highest BCUT2D eigenvalue weighted by Gasteiger charge is 2.31. The Kier molecular flexibility index (Phi) is 8.88. The van der Waals surface area contributed by atoms with Gasteiger partial charge >= 0.3 is 5.97 Å². The predicted molar refractivity (Wildman–Crippen MR) is 127 cm³/mol. The molecule has 1 atom stereocenters. The van der Waals surface area contributed by atoms with Crippen molar-refractivity contribution >= 4 is 5.97 Å². The van der Waals surface area contributed by atoms with E-state index < -0.39 is 12.1 Å². The summed E-state index contributed by atoms with van der Waals surface area (Å²) in [4.78, 5) is 10.6. The van der Waals surface area contributed by atoms with Crippen LogP contribution in [0, 0.1) is 12.3 Å². The van der Waals surface area contributed by atoms with E-state index in [9.17, 15) is 9.90 Å². The monoisotopic (exact) mass is 442 g/mol. The summed E-state index contributed by atoms with van der Waals surface area (Å²) in [5, 5.41) is 19.0. The van der Waals surface area contributed by atoms with Gasteiger partial charge in [-0.2, -0.15) is 0 Å². The fraction of sp³-hybridized carbons (Fsp3) is 0.519. The SMILES string of the molecule is CCC(CC)(c1ccc(COCC(=O)O)cc1)c1ccc(OCC(O)C(C)(C)C)c(C)c1. The molecule has 5 nitrogen and oxygen atoms in total. The van der Waals surface area contributed by atoms with Gasteiger partial charge in [-0.15, -0.1) is 0 Å². The average Bonchev–Trinajstić information content (AvgIpc) is 2.74. The molecule has 2 N–H and O–H groups in total. The minimum absolute atomic E-state index is 0.130. The van der Waals surface area contributed by atoms with Gasteiger partial charge in [-0.05, 0) is 53.5 Å². The van der Waals surface area contributed by atoms with Gasteiger partial charge in [0.15, 0.2) is 0 Å². The smallest absolute Gasteiger partial charge is 0.329 e. The lowest BCUT2D eigenvalue weighted by atomic mass is 9.70. The third-order valence-corrected chi connectivity index (χ3v) is 6.33. The molecule has 2 rings (SSSR count). The lowest BCUT2D eigenvalue weighted by molar-refractivity contribution is -0.142. The maximum atomic E-state index is 10.6. The van der Waals surface area contributed by atoms with E-state index in [4.69, 9.17) is 14.6 Å². The molecule has 5 heteroatoms. The third-order valence-electron chi connectivity index (χ3n) is 6.33. The van der Waals surface area contributed by atoms with Crippen LogP contribution in [0.3, 0.4) is 0 Å². The number of hydrogen-bond acceptors (Lipinski definition) is 4. The first-order chi connectivity index (χ1) is 15.0. The van der Waals surface area contributed by atoms with Gasteiger partial charge in [0.2, 0.25) is 0 Å². The summed E-state index contributed by atoms with van der Waals surface area (Å²) < 4.78 is 11.1. The second kappa shape index (κ2) is 11.0. The van der Waals surface area contributed by atoms with Crippen LogP contribution in [0.5, 0.6) is 5.75 Å². The summed E-state index contributed by atoms with van der Waals surface area (Å²) in [5.74, 6) is -0.169. The van der Waals surface area contributed by atoms with Crippen molar-refractivity contribution in [1.29, 1.82) is 0 Å². The second-order valence-electron chi connectivity index (χ2n) is 9.55. The average molecular weight is 443 g/mol. The molecule has 32 heavy (non-hydrogen) atoms. The molecule has 0 fully saturated rings. The molecule has 0 aromatic heterocycles. The van der Waals surface area contributed by atoms with Gasteiger partial charge < -0.3 is 19.7 Å². The molecule has 0 amide bonds. The van der Waals surface area contributed by atoms with Crippen molar-refractivity contribution in [1.82, 2.24) is 0 Å². The molecule has 0 spiro atoms. The molecular weight excluding hydrogens is 404 g/mol. The topological polar surface area (TPSA) is 76.0 Å². The van der Waals surface area contributed by atoms with Crippen molar-refractivity contribution in [3.8, 4) is 5.75 Å². The Morgan fingerprint density at radius 2 is 1.59 bits per heavy atom. The first-order valence-corrected chi connectivity index (χ1v) is 11.3. The molecule has 0 aliphatic carbocycles. The molecule has 1 unspecified atom stereocenters. The third kappa shape index (κ3) is 6.33. The molecule has 0 aliphatic heterocycles. The molecule has 2 aromatic carbocycles. The van der Waals surface area contributed by atoms with Crippen LogP contribution >= 0.6 is 0 Å². The normalized spacial score (nSPS) is 13.1. The van der Waals surface area contributed by atoms with E-state index in [0.29, 0.717) is 0 Å². The zero-order chi connectivity index (χ0) is 23.9. The van der Waals surface area contributed by atoms with E-state index in [0.717, 1.165) is 29.7 Å². The van der Waals surface area contributed by atoms with Crippen molar-refractivity contribution in [2.24, 2.45) is 5.41 Å². The lowest BCUT2D eigenvalue weighted by Crippen LogP contribution is -2.32. The summed E-state index contributed by atoms with van der Waals surface area (Å²) in [6, 6.07) is 14.6. The van der Waals surface area contributed by atoms with Gasteiger partial charge in [-0.1, -0.05) is 71.0 Å². The minimum Gasteiger partial charge on any atom is -0.491 e. The van der Waals surface area contributed by atoms with E-state index in [-0.39, 0.29) is 30.7 Å². The zero-order valence-electron chi connectivity index (χ0n) is 20.3. The summed E-state index contributed by atoms with van der Waals surface area (Å²) in [6.45, 7) is 12.7. The van der Waals surface area contributed by atoms with Crippen molar-refractivity contribution < 1.29 is 24.5 Å². The predicted octanol–water partition coefficient (Wildman–Crippen LogP) is 5.49. The molecule has 0 bridgehead atoms. The van der Waals surface area contributed by atoms with Crippen LogP contribution in [0.15, 0.2) is 42.5 Å². The maximum absolute atomic E-state index is 10.6. The number of carboxylic acid groups (broad SMARTS) is 1. The highest BCUT2D eigenvalue weighted by atomic mass is 16.5. The number of carboxylic acids is 1. The van der Waals surface area contributed by atoms with E-state index in [1.807, 2.05) is 45.9 Å². The number of rotatable bonds is 11. The van der Waals surface area contributed by atoms with Crippen molar-refractivity contribution in [2.45, 2.75) is 72.5 Å². The van der Waals surface area contributed by atoms with Crippen molar-refractivity contribution in [3.63, 3.8) is 0 Å². The standard InChI is InChI=1S/C27H38O5/c1-7-27(8-2,21-11-9-20(10-12-21)16-31-18-25(29)30)22-13-14-23(19(3)15-22)32-17-24(28)26(4,5)6/h9-15,24,28H,7-8,16-18H2,1-6H3,(H,29,30). The number of benzene rings is 2. The molecule has 176 valence electrons. The lowest BCUT2D eigenvalue weighted by Gasteiger charge is -2.34. The van der Waals surface area contributed by atoms with Crippen molar-refractivity contribution in [2.75, 3.05) is 13.2 Å². The van der Waals surface area contributed by atoms with Gasteiger partial charge in [-0.25, -0.2) is 4.79 Å². The van der Waals surface area contributed by atoms with Gasteiger partial charge in [-0.3, -0.25) is 0 Å². The Bertz CT molecular complexity index is 876. The zero-order valence-corrected chi connectivity index (χ0v) is 20.3. The number of aliphatic carboxylic acids is 1. The number of ether oxygens (including phenoxy) is 2. The summed E-state index contributed by atoms with van der Waals surface area (Å²) in [7, 11) is 0.